The van der Waals surface area contributed by atoms with Crippen molar-refractivity contribution in [1.82, 2.24) is 5.32 Å². The summed E-state index contributed by atoms with van der Waals surface area (Å²) in [7, 11) is 0. The molecule has 0 aliphatic carbocycles. The Kier molecular flexibility index (Phi) is 3.66. The molecule has 0 amide bonds. The first-order valence-electron chi connectivity index (χ1n) is 6.64. The third kappa shape index (κ3) is 2.93. The van der Waals surface area contributed by atoms with E-state index in [-0.39, 0.29) is 5.88 Å². The van der Waals surface area contributed by atoms with E-state index in [2.05, 4.69) is 29.6 Å². The van der Waals surface area contributed by atoms with Gasteiger partial charge in [-0.15, -0.1) is 0 Å². The minimum atomic E-state index is -0.534. The highest BCUT2D eigenvalue weighted by Crippen LogP contribution is 2.19. The van der Waals surface area contributed by atoms with Gasteiger partial charge in [0.05, 0.1) is 12.6 Å². The van der Waals surface area contributed by atoms with Gasteiger partial charge in [0.15, 0.2) is 0 Å². The second kappa shape index (κ2) is 5.76. The van der Waals surface area contributed by atoms with Gasteiger partial charge in [-0.2, -0.15) is 0 Å². The summed E-state index contributed by atoms with van der Waals surface area (Å²) in [6.45, 7) is 1.13. The fraction of sp³-hybridized carbons (Fsp3) is 0.125. The van der Waals surface area contributed by atoms with Gasteiger partial charge < -0.3 is 9.73 Å². The van der Waals surface area contributed by atoms with Crippen LogP contribution in [0.4, 0.5) is 5.88 Å². The van der Waals surface area contributed by atoms with Crippen molar-refractivity contribution in [3.63, 3.8) is 0 Å². The van der Waals surface area contributed by atoms with Gasteiger partial charge in [-0.3, -0.25) is 10.1 Å². The van der Waals surface area contributed by atoms with Crippen LogP contribution in [0.1, 0.15) is 11.3 Å². The Morgan fingerprint density at radius 3 is 2.62 bits per heavy atom. The van der Waals surface area contributed by atoms with E-state index in [0.717, 1.165) is 0 Å². The predicted octanol–water partition coefficient (Wildman–Crippen LogP) is 3.63. The molecule has 0 bridgehead atoms. The molecule has 1 N–H and O–H groups in total. The molecule has 1 heterocycles. The van der Waals surface area contributed by atoms with Gasteiger partial charge in [0.1, 0.15) is 10.7 Å². The molecule has 0 spiro atoms. The van der Waals surface area contributed by atoms with Crippen molar-refractivity contribution in [3.05, 3.63) is 76.0 Å². The molecule has 3 rings (SSSR count). The lowest BCUT2D eigenvalue weighted by Crippen LogP contribution is -2.12. The fourth-order valence-corrected chi connectivity index (χ4v) is 2.33. The van der Waals surface area contributed by atoms with Crippen LogP contribution >= 0.6 is 0 Å². The number of hydrogen-bond acceptors (Lipinski definition) is 4. The second-order valence-electron chi connectivity index (χ2n) is 4.74. The van der Waals surface area contributed by atoms with E-state index in [1.807, 2.05) is 18.2 Å². The molecule has 106 valence electrons. The molecule has 0 saturated heterocycles. The fourth-order valence-electron chi connectivity index (χ4n) is 2.33. The Morgan fingerprint density at radius 1 is 1.00 bits per heavy atom. The van der Waals surface area contributed by atoms with Gasteiger partial charge >= 0.3 is 5.88 Å². The van der Waals surface area contributed by atoms with Crippen LogP contribution in [0, 0.1) is 10.1 Å². The summed E-state index contributed by atoms with van der Waals surface area (Å²) in [6, 6.07) is 17.4. The zero-order chi connectivity index (χ0) is 14.7. The van der Waals surface area contributed by atoms with Crippen LogP contribution in [0.3, 0.4) is 0 Å². The first-order chi connectivity index (χ1) is 10.2. The topological polar surface area (TPSA) is 68.3 Å². The second-order valence-corrected chi connectivity index (χ2v) is 4.74. The zero-order valence-corrected chi connectivity index (χ0v) is 11.3. The van der Waals surface area contributed by atoms with Crippen LogP contribution < -0.4 is 5.32 Å². The zero-order valence-electron chi connectivity index (χ0n) is 11.3. The molecule has 0 aliphatic heterocycles. The third-order valence-electron chi connectivity index (χ3n) is 3.32. The number of furan rings is 1. The minimum absolute atomic E-state index is 0.225. The van der Waals surface area contributed by atoms with Crippen molar-refractivity contribution in [1.29, 1.82) is 0 Å². The van der Waals surface area contributed by atoms with Crippen molar-refractivity contribution >= 4 is 16.7 Å². The Hall–Kier alpha value is -2.66. The van der Waals surface area contributed by atoms with E-state index in [9.17, 15) is 10.1 Å². The maximum absolute atomic E-state index is 10.5. The summed E-state index contributed by atoms with van der Waals surface area (Å²) in [5.74, 6) is 0.332. The van der Waals surface area contributed by atoms with Gasteiger partial charge in [-0.1, -0.05) is 42.5 Å². The minimum Gasteiger partial charge on any atom is -0.404 e. The van der Waals surface area contributed by atoms with E-state index in [0.29, 0.717) is 18.8 Å². The van der Waals surface area contributed by atoms with Crippen molar-refractivity contribution in [3.8, 4) is 0 Å². The van der Waals surface area contributed by atoms with Gasteiger partial charge in [-0.25, -0.2) is 0 Å². The largest absolute Gasteiger partial charge is 0.433 e. The molecular formula is C16H14N2O3. The monoisotopic (exact) mass is 282 g/mol. The SMILES string of the molecule is O=[N+]([O-])c1ccc(CNCc2cccc3ccccc23)o1. The highest BCUT2D eigenvalue weighted by molar-refractivity contribution is 5.85. The van der Waals surface area contributed by atoms with Crippen molar-refractivity contribution in [2.75, 3.05) is 0 Å². The number of rotatable bonds is 5. The quantitative estimate of drug-likeness (QED) is 0.573. The molecule has 5 heteroatoms. The lowest BCUT2D eigenvalue weighted by atomic mass is 10.0. The van der Waals surface area contributed by atoms with Crippen LogP contribution in [-0.2, 0) is 13.1 Å². The maximum Gasteiger partial charge on any atom is 0.433 e. The van der Waals surface area contributed by atoms with Crippen LogP contribution in [0.2, 0.25) is 0 Å². The van der Waals surface area contributed by atoms with Crippen molar-refractivity contribution < 1.29 is 9.34 Å². The first-order valence-corrected chi connectivity index (χ1v) is 6.64. The summed E-state index contributed by atoms with van der Waals surface area (Å²) in [4.78, 5) is 10.0. The number of hydrogen-bond donors (Lipinski definition) is 1. The molecule has 1 aromatic heterocycles. The van der Waals surface area contributed by atoms with Gasteiger partial charge in [0, 0.05) is 6.54 Å². The molecule has 0 fully saturated rings. The summed E-state index contributed by atoms with van der Waals surface area (Å²) in [6.07, 6.45) is 0. The number of benzene rings is 2. The van der Waals surface area contributed by atoms with E-state index < -0.39 is 4.92 Å². The van der Waals surface area contributed by atoms with Gasteiger partial charge in [0.2, 0.25) is 0 Å². The third-order valence-corrected chi connectivity index (χ3v) is 3.32. The Morgan fingerprint density at radius 2 is 1.81 bits per heavy atom. The normalized spacial score (nSPS) is 10.9. The van der Waals surface area contributed by atoms with Crippen LogP contribution in [0.25, 0.3) is 10.8 Å². The predicted molar refractivity (Wildman–Crippen MR) is 79.9 cm³/mol. The molecule has 0 aliphatic rings. The highest BCUT2D eigenvalue weighted by atomic mass is 16.6. The molecule has 0 unspecified atom stereocenters. The van der Waals surface area contributed by atoms with E-state index in [4.69, 9.17) is 4.42 Å². The standard InChI is InChI=1S/C16H14N2O3/c19-18(20)16-9-8-14(21-16)11-17-10-13-6-3-5-12-4-1-2-7-15(12)13/h1-9,17H,10-11H2. The van der Waals surface area contributed by atoms with Crippen LogP contribution in [0.15, 0.2) is 59.0 Å². The molecule has 5 nitrogen and oxygen atoms in total. The van der Waals surface area contributed by atoms with E-state index >= 15 is 0 Å². The lowest BCUT2D eigenvalue weighted by Gasteiger charge is -2.07. The Bertz CT molecular complexity index is 775. The number of nitrogens with zero attached hydrogens (tertiary/aromatic N) is 1. The lowest BCUT2D eigenvalue weighted by molar-refractivity contribution is -0.402. The molecule has 0 radical (unpaired) electrons. The molecule has 0 atom stereocenters. The van der Waals surface area contributed by atoms with Crippen molar-refractivity contribution in [2.24, 2.45) is 0 Å². The summed E-state index contributed by atoms with van der Waals surface area (Å²) in [5.41, 5.74) is 1.19. The van der Waals surface area contributed by atoms with Gasteiger partial charge in [-0.05, 0) is 22.4 Å². The summed E-state index contributed by atoms with van der Waals surface area (Å²) in [5, 5.41) is 16.2. The number of nitrogens with one attached hydrogen (secondary N) is 1. The molecule has 2 aromatic carbocycles. The average molecular weight is 282 g/mol. The maximum atomic E-state index is 10.5. The summed E-state index contributed by atoms with van der Waals surface area (Å²) < 4.78 is 5.11. The molecule has 21 heavy (non-hydrogen) atoms. The molecule has 3 aromatic rings. The number of fused-ring (bicyclic) bond motifs is 1. The molecule has 0 saturated carbocycles. The van der Waals surface area contributed by atoms with Crippen LogP contribution in [-0.4, -0.2) is 4.92 Å². The summed E-state index contributed by atoms with van der Waals surface area (Å²) >= 11 is 0. The number of nitro groups is 1. The van der Waals surface area contributed by atoms with Crippen LogP contribution in [0.5, 0.6) is 0 Å². The Labute approximate surface area is 121 Å². The van der Waals surface area contributed by atoms with E-state index in [1.165, 1.54) is 22.4 Å². The van der Waals surface area contributed by atoms with E-state index in [1.54, 1.807) is 6.07 Å². The van der Waals surface area contributed by atoms with Crippen molar-refractivity contribution in [2.45, 2.75) is 13.1 Å². The smallest absolute Gasteiger partial charge is 0.404 e. The highest BCUT2D eigenvalue weighted by Gasteiger charge is 2.11. The Balaban J connectivity index is 1.68. The first kappa shape index (κ1) is 13.3. The van der Waals surface area contributed by atoms with Gasteiger partial charge in [0.25, 0.3) is 0 Å². The average Bonchev–Trinajstić information content (AvgIpc) is 2.97. The molecular weight excluding hydrogens is 268 g/mol.